The molecule has 0 saturated carbocycles. The number of benzene rings is 1. The molecule has 0 unspecified atom stereocenters. The molecule has 1 fully saturated rings. The van der Waals surface area contributed by atoms with Crippen molar-refractivity contribution in [2.45, 2.75) is 64.8 Å². The number of rotatable bonds is 11. The van der Waals surface area contributed by atoms with Gasteiger partial charge in [0.1, 0.15) is 0 Å². The fraction of sp³-hybridized carbons (Fsp3) is 0.619. The highest BCUT2D eigenvalue weighted by Gasteiger charge is 2.12. The monoisotopic (exact) mass is 345 g/mol. The second kappa shape index (κ2) is 11.0. The lowest BCUT2D eigenvalue weighted by atomic mass is 10.0. The first-order chi connectivity index (χ1) is 12.2. The van der Waals surface area contributed by atoms with Gasteiger partial charge in [-0.05, 0) is 51.3 Å². The lowest BCUT2D eigenvalue weighted by Crippen LogP contribution is -2.18. The van der Waals surface area contributed by atoms with Crippen LogP contribution in [0.1, 0.15) is 74.2 Å². The normalized spacial score (nSPS) is 14.6. The first-order valence-corrected chi connectivity index (χ1v) is 9.69. The highest BCUT2D eigenvalue weighted by molar-refractivity contribution is 5.96. The van der Waals surface area contributed by atoms with Crippen LogP contribution in [0.2, 0.25) is 0 Å². The lowest BCUT2D eigenvalue weighted by molar-refractivity contribution is -0.143. The van der Waals surface area contributed by atoms with E-state index in [1.54, 1.807) is 0 Å². The Morgan fingerprint density at radius 2 is 1.60 bits per heavy atom. The van der Waals surface area contributed by atoms with Crippen LogP contribution in [-0.2, 0) is 16.1 Å². The van der Waals surface area contributed by atoms with Crippen LogP contribution in [-0.4, -0.2) is 36.3 Å². The van der Waals surface area contributed by atoms with Gasteiger partial charge >= 0.3 is 5.97 Å². The Morgan fingerprint density at radius 1 is 0.960 bits per heavy atom. The summed E-state index contributed by atoms with van der Waals surface area (Å²) in [5.74, 6) is 0.103. The van der Waals surface area contributed by atoms with Crippen LogP contribution in [0.3, 0.4) is 0 Å². The van der Waals surface area contributed by atoms with Gasteiger partial charge in [0.05, 0.1) is 6.61 Å². The van der Waals surface area contributed by atoms with E-state index >= 15 is 0 Å². The van der Waals surface area contributed by atoms with Crippen molar-refractivity contribution in [3.63, 3.8) is 0 Å². The van der Waals surface area contributed by atoms with Crippen molar-refractivity contribution >= 4 is 11.8 Å². The standard InChI is InChI=1S/C21H31NO3/c1-2-25-21(24)10-6-4-3-5-9-20(23)19-13-11-18(12-14-19)17-22-15-7-8-16-22/h11-14H,2-10,15-17H2,1H3. The summed E-state index contributed by atoms with van der Waals surface area (Å²) in [6.45, 7) is 5.65. The summed E-state index contributed by atoms with van der Waals surface area (Å²) >= 11 is 0. The van der Waals surface area contributed by atoms with Crippen molar-refractivity contribution < 1.29 is 14.3 Å². The highest BCUT2D eigenvalue weighted by Crippen LogP contribution is 2.15. The second-order valence-corrected chi connectivity index (χ2v) is 6.82. The third-order valence-corrected chi connectivity index (χ3v) is 4.72. The predicted molar refractivity (Wildman–Crippen MR) is 99.6 cm³/mol. The van der Waals surface area contributed by atoms with Gasteiger partial charge in [-0.1, -0.05) is 37.1 Å². The number of esters is 1. The Morgan fingerprint density at radius 3 is 2.24 bits per heavy atom. The number of carbonyl (C=O) groups excluding carboxylic acids is 2. The van der Waals surface area contributed by atoms with Crippen molar-refractivity contribution in [1.82, 2.24) is 4.90 Å². The third kappa shape index (κ3) is 7.39. The molecule has 4 heteroatoms. The maximum Gasteiger partial charge on any atom is 0.305 e. The molecule has 0 atom stereocenters. The van der Waals surface area contributed by atoms with Gasteiger partial charge < -0.3 is 4.74 Å². The van der Waals surface area contributed by atoms with Gasteiger partial charge in [-0.25, -0.2) is 0 Å². The molecule has 0 aliphatic carbocycles. The number of hydrogen-bond donors (Lipinski definition) is 0. The average Bonchev–Trinajstić information content (AvgIpc) is 3.11. The Balaban J connectivity index is 1.61. The molecule has 0 amide bonds. The molecule has 0 aromatic heterocycles. The quantitative estimate of drug-likeness (QED) is 0.339. The summed E-state index contributed by atoms with van der Waals surface area (Å²) < 4.78 is 4.90. The molecule has 0 spiro atoms. The Bertz CT molecular complexity index is 533. The van der Waals surface area contributed by atoms with Crippen molar-refractivity contribution in [2.75, 3.05) is 19.7 Å². The largest absolute Gasteiger partial charge is 0.466 e. The van der Waals surface area contributed by atoms with Crippen molar-refractivity contribution in [2.24, 2.45) is 0 Å². The first-order valence-electron chi connectivity index (χ1n) is 9.69. The van der Waals surface area contributed by atoms with Gasteiger partial charge in [0, 0.05) is 24.9 Å². The molecule has 1 aliphatic heterocycles. The molecule has 2 rings (SSSR count). The Labute approximate surface area is 151 Å². The molecule has 4 nitrogen and oxygen atoms in total. The smallest absolute Gasteiger partial charge is 0.305 e. The molecule has 1 aromatic carbocycles. The minimum atomic E-state index is -0.118. The minimum absolute atomic E-state index is 0.118. The molecule has 1 heterocycles. The summed E-state index contributed by atoms with van der Waals surface area (Å²) in [5, 5.41) is 0. The number of ketones is 1. The van der Waals surface area contributed by atoms with E-state index in [2.05, 4.69) is 17.0 Å². The van der Waals surface area contributed by atoms with Gasteiger partial charge in [0.2, 0.25) is 0 Å². The Hall–Kier alpha value is -1.68. The molecular weight excluding hydrogens is 314 g/mol. The molecule has 0 bridgehead atoms. The van der Waals surface area contributed by atoms with Gasteiger partial charge in [-0.15, -0.1) is 0 Å². The van der Waals surface area contributed by atoms with Crippen LogP contribution in [0.15, 0.2) is 24.3 Å². The fourth-order valence-corrected chi connectivity index (χ4v) is 3.28. The molecule has 0 N–H and O–H groups in total. The van der Waals surface area contributed by atoms with E-state index in [1.165, 1.54) is 31.5 Å². The molecule has 25 heavy (non-hydrogen) atoms. The minimum Gasteiger partial charge on any atom is -0.466 e. The fourth-order valence-electron chi connectivity index (χ4n) is 3.28. The van der Waals surface area contributed by atoms with Gasteiger partial charge in [-0.2, -0.15) is 0 Å². The van der Waals surface area contributed by atoms with Crippen LogP contribution < -0.4 is 0 Å². The number of nitrogens with zero attached hydrogens (tertiary/aromatic N) is 1. The SMILES string of the molecule is CCOC(=O)CCCCCCC(=O)c1ccc(CN2CCCC2)cc1. The van der Waals surface area contributed by atoms with Gasteiger partial charge in [0.25, 0.3) is 0 Å². The number of likely N-dealkylation sites (tertiary alicyclic amines) is 1. The van der Waals surface area contributed by atoms with Crippen LogP contribution in [0.5, 0.6) is 0 Å². The van der Waals surface area contributed by atoms with Crippen molar-refractivity contribution in [3.8, 4) is 0 Å². The lowest BCUT2D eigenvalue weighted by Gasteiger charge is -2.14. The summed E-state index contributed by atoms with van der Waals surface area (Å²) in [5.41, 5.74) is 2.11. The second-order valence-electron chi connectivity index (χ2n) is 6.82. The van der Waals surface area contributed by atoms with Crippen molar-refractivity contribution in [3.05, 3.63) is 35.4 Å². The van der Waals surface area contributed by atoms with E-state index in [-0.39, 0.29) is 11.8 Å². The highest BCUT2D eigenvalue weighted by atomic mass is 16.5. The molecule has 1 aromatic rings. The predicted octanol–water partition coefficient (Wildman–Crippen LogP) is 4.37. The van der Waals surface area contributed by atoms with E-state index in [0.29, 0.717) is 19.4 Å². The first kappa shape index (κ1) is 19.6. The Kier molecular flexibility index (Phi) is 8.67. The molecule has 0 radical (unpaired) electrons. The van der Waals surface area contributed by atoms with Crippen LogP contribution in [0.25, 0.3) is 0 Å². The van der Waals surface area contributed by atoms with E-state index in [4.69, 9.17) is 4.74 Å². The molecule has 1 aliphatic rings. The number of Topliss-reactive ketones (excluding diaryl/α,β-unsaturated/α-hetero) is 1. The van der Waals surface area contributed by atoms with E-state index < -0.39 is 0 Å². The average molecular weight is 345 g/mol. The molecule has 138 valence electrons. The number of ether oxygens (including phenoxy) is 1. The van der Waals surface area contributed by atoms with Crippen LogP contribution in [0.4, 0.5) is 0 Å². The zero-order chi connectivity index (χ0) is 17.9. The number of hydrogen-bond acceptors (Lipinski definition) is 4. The van der Waals surface area contributed by atoms with Gasteiger partial charge in [0.15, 0.2) is 5.78 Å². The van der Waals surface area contributed by atoms with Crippen LogP contribution in [0, 0.1) is 0 Å². The van der Waals surface area contributed by atoms with E-state index in [1.807, 2.05) is 19.1 Å². The summed E-state index contributed by atoms with van der Waals surface area (Å²) in [6.07, 6.45) is 7.37. The topological polar surface area (TPSA) is 46.6 Å². The maximum atomic E-state index is 12.2. The number of unbranched alkanes of at least 4 members (excludes halogenated alkanes) is 3. The zero-order valence-electron chi connectivity index (χ0n) is 15.5. The van der Waals surface area contributed by atoms with E-state index in [9.17, 15) is 9.59 Å². The molecule has 1 saturated heterocycles. The number of carbonyl (C=O) groups is 2. The molecular formula is C21H31NO3. The van der Waals surface area contributed by atoms with Crippen LogP contribution >= 0.6 is 0 Å². The summed E-state index contributed by atoms with van der Waals surface area (Å²) in [7, 11) is 0. The van der Waals surface area contributed by atoms with Crippen molar-refractivity contribution in [1.29, 1.82) is 0 Å². The third-order valence-electron chi connectivity index (χ3n) is 4.72. The van der Waals surface area contributed by atoms with E-state index in [0.717, 1.165) is 37.8 Å². The zero-order valence-corrected chi connectivity index (χ0v) is 15.5. The van der Waals surface area contributed by atoms with Gasteiger partial charge in [-0.3, -0.25) is 14.5 Å². The maximum absolute atomic E-state index is 12.2. The summed E-state index contributed by atoms with van der Waals surface area (Å²) in [6, 6.07) is 8.11. The summed E-state index contributed by atoms with van der Waals surface area (Å²) in [4.78, 5) is 25.9.